The molecule has 2 aromatic carbocycles. The highest BCUT2D eigenvalue weighted by atomic mass is 32.2. The molecule has 2 rings (SSSR count). The summed E-state index contributed by atoms with van der Waals surface area (Å²) < 4.78 is 44.4. The molecule has 0 radical (unpaired) electrons. The van der Waals surface area contributed by atoms with E-state index in [0.29, 0.717) is 17.0 Å². The van der Waals surface area contributed by atoms with Crippen LogP contribution in [0.3, 0.4) is 0 Å². The maximum Gasteiger partial charge on any atom is 0.236 e. The van der Waals surface area contributed by atoms with E-state index in [2.05, 4.69) is 4.72 Å². The molecule has 0 aliphatic carbocycles. The molecule has 0 amide bonds. The van der Waals surface area contributed by atoms with Crippen molar-refractivity contribution in [1.82, 2.24) is 0 Å². The number of nitrogen functional groups attached to an aromatic ring is 1. The fourth-order valence-corrected chi connectivity index (χ4v) is 2.97. The van der Waals surface area contributed by atoms with Crippen molar-refractivity contribution in [1.29, 1.82) is 0 Å². The number of hydrogen-bond donors (Lipinski definition) is 2. The molecule has 0 unspecified atom stereocenters. The molecular weight excluding hydrogens is 295 g/mol. The standard InChI is InChI=1S/C14H15FN2O3S/c1-20-12-6-7-13(16)14(8-12)17-21(18,19)9-10-2-4-11(15)5-3-10/h2-8,17H,9,16H2,1H3. The zero-order valence-electron chi connectivity index (χ0n) is 11.3. The number of rotatable bonds is 5. The average molecular weight is 310 g/mol. The van der Waals surface area contributed by atoms with E-state index >= 15 is 0 Å². The number of anilines is 2. The molecule has 0 heterocycles. The van der Waals surface area contributed by atoms with Gasteiger partial charge in [-0.1, -0.05) is 12.1 Å². The van der Waals surface area contributed by atoms with Crippen molar-refractivity contribution in [2.75, 3.05) is 17.6 Å². The van der Waals surface area contributed by atoms with Gasteiger partial charge in [0.1, 0.15) is 11.6 Å². The highest BCUT2D eigenvalue weighted by Gasteiger charge is 2.14. The Bertz CT molecular complexity index is 730. The van der Waals surface area contributed by atoms with Gasteiger partial charge in [-0.3, -0.25) is 4.72 Å². The van der Waals surface area contributed by atoms with E-state index in [-0.39, 0.29) is 11.4 Å². The van der Waals surface area contributed by atoms with Gasteiger partial charge in [-0.05, 0) is 29.8 Å². The van der Waals surface area contributed by atoms with Crippen LogP contribution >= 0.6 is 0 Å². The summed E-state index contributed by atoms with van der Waals surface area (Å²) in [6.07, 6.45) is 0. The molecule has 0 bridgehead atoms. The Kier molecular flexibility index (Phi) is 4.32. The molecule has 0 saturated heterocycles. The van der Waals surface area contributed by atoms with Crippen LogP contribution in [0.25, 0.3) is 0 Å². The van der Waals surface area contributed by atoms with Gasteiger partial charge in [-0.15, -0.1) is 0 Å². The third-order valence-electron chi connectivity index (χ3n) is 2.80. The minimum absolute atomic E-state index is 0.247. The smallest absolute Gasteiger partial charge is 0.236 e. The Morgan fingerprint density at radius 3 is 2.48 bits per heavy atom. The van der Waals surface area contributed by atoms with Crippen LogP contribution in [0.5, 0.6) is 5.75 Å². The number of benzene rings is 2. The quantitative estimate of drug-likeness (QED) is 0.831. The second-order valence-corrected chi connectivity index (χ2v) is 6.16. The molecule has 21 heavy (non-hydrogen) atoms. The van der Waals surface area contributed by atoms with Crippen molar-refractivity contribution in [2.45, 2.75) is 5.75 Å². The second-order valence-electron chi connectivity index (χ2n) is 4.44. The summed E-state index contributed by atoms with van der Waals surface area (Å²) in [6.45, 7) is 0. The molecule has 0 saturated carbocycles. The Hall–Kier alpha value is -2.28. The highest BCUT2D eigenvalue weighted by Crippen LogP contribution is 2.25. The van der Waals surface area contributed by atoms with Crippen molar-refractivity contribution < 1.29 is 17.5 Å². The van der Waals surface area contributed by atoms with Crippen LogP contribution in [-0.2, 0) is 15.8 Å². The van der Waals surface area contributed by atoms with Crippen molar-refractivity contribution >= 4 is 21.4 Å². The van der Waals surface area contributed by atoms with Crippen molar-refractivity contribution in [3.05, 3.63) is 53.8 Å². The summed E-state index contributed by atoms with van der Waals surface area (Å²) in [5.41, 5.74) is 6.75. The molecule has 0 spiro atoms. The van der Waals surface area contributed by atoms with Crippen LogP contribution in [0.1, 0.15) is 5.56 Å². The molecular formula is C14H15FN2O3S. The summed E-state index contributed by atoms with van der Waals surface area (Å²) in [7, 11) is -2.18. The fraction of sp³-hybridized carbons (Fsp3) is 0.143. The lowest BCUT2D eigenvalue weighted by atomic mass is 10.2. The number of methoxy groups -OCH3 is 1. The average Bonchev–Trinajstić information content (AvgIpc) is 2.43. The number of nitrogens with two attached hydrogens (primary N) is 1. The molecule has 0 fully saturated rings. The molecule has 0 aliphatic rings. The molecule has 112 valence electrons. The highest BCUT2D eigenvalue weighted by molar-refractivity contribution is 7.91. The van der Waals surface area contributed by atoms with Gasteiger partial charge in [0.25, 0.3) is 0 Å². The largest absolute Gasteiger partial charge is 0.497 e. The van der Waals surface area contributed by atoms with Crippen molar-refractivity contribution in [3.63, 3.8) is 0 Å². The summed E-state index contributed by atoms with van der Waals surface area (Å²) in [5, 5.41) is 0. The SMILES string of the molecule is COc1ccc(N)c(NS(=O)(=O)Cc2ccc(F)cc2)c1. The Labute approximate surface area is 122 Å². The Morgan fingerprint density at radius 2 is 1.86 bits per heavy atom. The third kappa shape index (κ3) is 4.09. The first-order valence-corrected chi connectivity index (χ1v) is 7.73. The van der Waals surface area contributed by atoms with E-state index in [1.807, 2.05) is 0 Å². The van der Waals surface area contributed by atoms with E-state index in [1.54, 1.807) is 12.1 Å². The van der Waals surface area contributed by atoms with E-state index in [1.165, 1.54) is 37.4 Å². The second kappa shape index (κ2) is 6.01. The Morgan fingerprint density at radius 1 is 1.19 bits per heavy atom. The van der Waals surface area contributed by atoms with Crippen LogP contribution in [0.4, 0.5) is 15.8 Å². The van der Waals surface area contributed by atoms with E-state index < -0.39 is 15.8 Å². The molecule has 0 atom stereocenters. The van der Waals surface area contributed by atoms with Gasteiger partial charge in [0.05, 0.1) is 24.2 Å². The number of ether oxygens (including phenoxy) is 1. The van der Waals surface area contributed by atoms with E-state index in [0.717, 1.165) is 0 Å². The van der Waals surface area contributed by atoms with Crippen LogP contribution in [-0.4, -0.2) is 15.5 Å². The van der Waals surface area contributed by atoms with Gasteiger partial charge in [-0.2, -0.15) is 0 Å². The van der Waals surface area contributed by atoms with Crippen LogP contribution < -0.4 is 15.2 Å². The monoisotopic (exact) mass is 310 g/mol. The maximum absolute atomic E-state index is 12.8. The lowest BCUT2D eigenvalue weighted by Crippen LogP contribution is -2.16. The summed E-state index contributed by atoms with van der Waals surface area (Å²) >= 11 is 0. The van der Waals surface area contributed by atoms with Gasteiger partial charge in [0.2, 0.25) is 10.0 Å². The molecule has 0 aromatic heterocycles. The Balaban J connectivity index is 2.19. The minimum atomic E-state index is -3.66. The van der Waals surface area contributed by atoms with Gasteiger partial charge in [0, 0.05) is 6.07 Å². The zero-order chi connectivity index (χ0) is 15.5. The molecule has 3 N–H and O–H groups in total. The summed E-state index contributed by atoms with van der Waals surface area (Å²) in [4.78, 5) is 0. The summed E-state index contributed by atoms with van der Waals surface area (Å²) in [5.74, 6) is -0.200. The normalized spacial score (nSPS) is 11.1. The number of hydrogen-bond acceptors (Lipinski definition) is 4. The maximum atomic E-state index is 12.8. The van der Waals surface area contributed by atoms with Crippen LogP contribution in [0, 0.1) is 5.82 Å². The van der Waals surface area contributed by atoms with Gasteiger partial charge in [0.15, 0.2) is 0 Å². The first-order valence-electron chi connectivity index (χ1n) is 6.08. The topological polar surface area (TPSA) is 81.4 Å². The molecule has 2 aromatic rings. The van der Waals surface area contributed by atoms with Crippen LogP contribution in [0.15, 0.2) is 42.5 Å². The summed E-state index contributed by atoms with van der Waals surface area (Å²) in [6, 6.07) is 9.95. The molecule has 5 nitrogen and oxygen atoms in total. The first kappa shape index (κ1) is 15.1. The van der Waals surface area contributed by atoms with Gasteiger partial charge in [-0.25, -0.2) is 12.8 Å². The fourth-order valence-electron chi connectivity index (χ4n) is 1.75. The predicted octanol–water partition coefficient (Wildman–Crippen LogP) is 2.36. The third-order valence-corrected chi connectivity index (χ3v) is 4.04. The van der Waals surface area contributed by atoms with Crippen molar-refractivity contribution in [3.8, 4) is 5.75 Å². The minimum Gasteiger partial charge on any atom is -0.497 e. The van der Waals surface area contributed by atoms with E-state index in [4.69, 9.17) is 10.5 Å². The zero-order valence-corrected chi connectivity index (χ0v) is 12.2. The number of halogens is 1. The van der Waals surface area contributed by atoms with Gasteiger partial charge >= 0.3 is 0 Å². The van der Waals surface area contributed by atoms with Gasteiger partial charge < -0.3 is 10.5 Å². The van der Waals surface area contributed by atoms with E-state index in [9.17, 15) is 12.8 Å². The van der Waals surface area contributed by atoms with Crippen LogP contribution in [0.2, 0.25) is 0 Å². The number of sulfonamides is 1. The lowest BCUT2D eigenvalue weighted by Gasteiger charge is -2.11. The molecule has 7 heteroatoms. The lowest BCUT2D eigenvalue weighted by molar-refractivity contribution is 0.415. The predicted molar refractivity (Wildman–Crippen MR) is 80.1 cm³/mol. The van der Waals surface area contributed by atoms with Crippen molar-refractivity contribution in [2.24, 2.45) is 0 Å². The number of nitrogens with one attached hydrogen (secondary N) is 1. The first-order chi connectivity index (χ1) is 9.89. The molecule has 0 aliphatic heterocycles.